The normalized spacial score (nSPS) is 18.5. The number of nitrogens with zero attached hydrogens (tertiary/aromatic N) is 1. The monoisotopic (exact) mass is 263 g/mol. The summed E-state index contributed by atoms with van der Waals surface area (Å²) in [6.07, 6.45) is 4.47. The number of hydrogen-bond donors (Lipinski definition) is 2. The van der Waals surface area contributed by atoms with Gasteiger partial charge in [-0.2, -0.15) is 0 Å². The van der Waals surface area contributed by atoms with E-state index in [0.717, 1.165) is 37.0 Å². The molecule has 0 heterocycles. The zero-order valence-electron chi connectivity index (χ0n) is 11.3. The van der Waals surface area contributed by atoms with Gasteiger partial charge in [-0.3, -0.25) is 0 Å². The van der Waals surface area contributed by atoms with Crippen molar-refractivity contribution in [2.45, 2.75) is 44.6 Å². The Labute approximate surface area is 113 Å². The lowest BCUT2D eigenvalue weighted by Gasteiger charge is -2.22. The number of benzene rings is 1. The van der Waals surface area contributed by atoms with Crippen LogP contribution in [-0.4, -0.2) is 28.2 Å². The van der Waals surface area contributed by atoms with Crippen LogP contribution in [0.4, 0.5) is 0 Å². The molecule has 2 rings (SSSR count). The lowest BCUT2D eigenvalue weighted by atomic mass is 10.0. The van der Waals surface area contributed by atoms with Crippen LogP contribution >= 0.6 is 0 Å². The molecule has 19 heavy (non-hydrogen) atoms. The van der Waals surface area contributed by atoms with Gasteiger partial charge in [-0.05, 0) is 49.1 Å². The molecule has 0 saturated heterocycles. The van der Waals surface area contributed by atoms with E-state index in [1.807, 2.05) is 31.2 Å². The number of aliphatic hydroxyl groups is 1. The molecule has 1 aromatic rings. The smallest absolute Gasteiger partial charge is 0.119 e. The highest BCUT2D eigenvalue weighted by Crippen LogP contribution is 2.30. The third-order valence-corrected chi connectivity index (χ3v) is 3.68. The van der Waals surface area contributed by atoms with E-state index in [2.05, 4.69) is 5.16 Å². The van der Waals surface area contributed by atoms with Crippen molar-refractivity contribution in [3.05, 3.63) is 29.8 Å². The highest BCUT2D eigenvalue weighted by Gasteiger charge is 2.31. The minimum atomic E-state index is -0.653. The third-order valence-electron chi connectivity index (χ3n) is 3.68. The van der Waals surface area contributed by atoms with Crippen LogP contribution in [0.25, 0.3) is 0 Å². The molecule has 0 atom stereocenters. The molecule has 0 bridgehead atoms. The maximum absolute atomic E-state index is 10.2. The van der Waals surface area contributed by atoms with Crippen LogP contribution in [0.15, 0.2) is 29.4 Å². The molecule has 4 nitrogen and oxygen atoms in total. The predicted molar refractivity (Wildman–Crippen MR) is 74.0 cm³/mol. The van der Waals surface area contributed by atoms with Crippen LogP contribution in [0, 0.1) is 0 Å². The van der Waals surface area contributed by atoms with E-state index in [1.54, 1.807) is 0 Å². The van der Waals surface area contributed by atoms with E-state index in [-0.39, 0.29) is 0 Å². The van der Waals surface area contributed by atoms with Gasteiger partial charge in [0.25, 0.3) is 0 Å². The summed E-state index contributed by atoms with van der Waals surface area (Å²) in [5, 5.41) is 22.3. The van der Waals surface area contributed by atoms with Crippen molar-refractivity contribution < 1.29 is 15.1 Å². The largest absolute Gasteiger partial charge is 0.491 e. The van der Waals surface area contributed by atoms with Crippen LogP contribution in [0.3, 0.4) is 0 Å². The zero-order chi connectivity index (χ0) is 13.7. The van der Waals surface area contributed by atoms with E-state index in [1.165, 1.54) is 0 Å². The second-order valence-electron chi connectivity index (χ2n) is 5.14. The number of hydrogen-bond acceptors (Lipinski definition) is 4. The Kier molecular flexibility index (Phi) is 4.43. The summed E-state index contributed by atoms with van der Waals surface area (Å²) < 4.78 is 5.64. The van der Waals surface area contributed by atoms with Crippen molar-refractivity contribution >= 4 is 5.71 Å². The van der Waals surface area contributed by atoms with Crippen LogP contribution in [0.2, 0.25) is 0 Å². The molecule has 0 aliphatic heterocycles. The number of oxime groups is 1. The Morgan fingerprint density at radius 2 is 1.89 bits per heavy atom. The average molecular weight is 263 g/mol. The third kappa shape index (κ3) is 3.47. The van der Waals surface area contributed by atoms with Crippen molar-refractivity contribution in [3.63, 3.8) is 0 Å². The molecule has 1 aliphatic rings. The Morgan fingerprint density at radius 1 is 1.26 bits per heavy atom. The minimum absolute atomic E-state index is 0.348. The van der Waals surface area contributed by atoms with Gasteiger partial charge < -0.3 is 15.1 Å². The molecule has 0 unspecified atom stereocenters. The van der Waals surface area contributed by atoms with Crippen molar-refractivity contribution in [2.24, 2.45) is 5.16 Å². The Hall–Kier alpha value is -1.55. The van der Waals surface area contributed by atoms with Gasteiger partial charge in [0.05, 0.1) is 11.3 Å². The topological polar surface area (TPSA) is 62.1 Å². The van der Waals surface area contributed by atoms with E-state index >= 15 is 0 Å². The molecule has 1 saturated carbocycles. The van der Waals surface area contributed by atoms with Crippen LogP contribution < -0.4 is 4.74 Å². The molecule has 0 amide bonds. The summed E-state index contributed by atoms with van der Waals surface area (Å²) in [7, 11) is 0. The summed E-state index contributed by atoms with van der Waals surface area (Å²) in [4.78, 5) is 0. The first-order chi connectivity index (χ1) is 9.17. The van der Waals surface area contributed by atoms with Gasteiger partial charge in [0.1, 0.15) is 12.4 Å². The van der Waals surface area contributed by atoms with Crippen LogP contribution in [0.1, 0.15) is 44.6 Å². The van der Waals surface area contributed by atoms with E-state index < -0.39 is 5.60 Å². The van der Waals surface area contributed by atoms with Crippen LogP contribution in [0.5, 0.6) is 5.75 Å². The van der Waals surface area contributed by atoms with Gasteiger partial charge in [0.2, 0.25) is 0 Å². The quantitative estimate of drug-likeness (QED) is 0.488. The van der Waals surface area contributed by atoms with Crippen LogP contribution in [-0.2, 0) is 0 Å². The SMILES string of the molecule is CCC(=NO)c1ccc(OCC2(O)CCCC2)cc1. The molecular weight excluding hydrogens is 242 g/mol. The average Bonchev–Trinajstić information content (AvgIpc) is 2.87. The first kappa shape index (κ1) is 13.9. The molecular formula is C15H21NO3. The zero-order valence-corrected chi connectivity index (χ0v) is 11.3. The summed E-state index contributed by atoms with van der Waals surface area (Å²) in [6.45, 7) is 2.29. The van der Waals surface area contributed by atoms with Gasteiger partial charge >= 0.3 is 0 Å². The van der Waals surface area contributed by atoms with E-state index in [0.29, 0.717) is 18.7 Å². The summed E-state index contributed by atoms with van der Waals surface area (Å²) in [5.41, 5.74) is 0.887. The number of rotatable bonds is 5. The Bertz CT molecular complexity index is 433. The lowest BCUT2D eigenvalue weighted by molar-refractivity contribution is 0.00141. The van der Waals surface area contributed by atoms with Crippen molar-refractivity contribution in [1.82, 2.24) is 0 Å². The Morgan fingerprint density at radius 3 is 2.42 bits per heavy atom. The lowest BCUT2D eigenvalue weighted by Crippen LogP contribution is -2.32. The summed E-state index contributed by atoms with van der Waals surface area (Å²) in [5.74, 6) is 0.734. The molecule has 0 aromatic heterocycles. The maximum Gasteiger partial charge on any atom is 0.119 e. The molecule has 0 spiro atoms. The molecule has 0 radical (unpaired) electrons. The molecule has 2 N–H and O–H groups in total. The van der Waals surface area contributed by atoms with E-state index in [4.69, 9.17) is 9.94 Å². The fraction of sp³-hybridized carbons (Fsp3) is 0.533. The van der Waals surface area contributed by atoms with Gasteiger partial charge in [0, 0.05) is 0 Å². The summed E-state index contributed by atoms with van der Waals surface area (Å²) in [6, 6.07) is 7.42. The Balaban J connectivity index is 1.95. The summed E-state index contributed by atoms with van der Waals surface area (Å²) >= 11 is 0. The maximum atomic E-state index is 10.2. The molecule has 4 heteroatoms. The van der Waals surface area contributed by atoms with Gasteiger partial charge in [-0.25, -0.2) is 0 Å². The predicted octanol–water partition coefficient (Wildman–Crippen LogP) is 2.96. The molecule has 104 valence electrons. The van der Waals surface area contributed by atoms with Crippen molar-refractivity contribution in [2.75, 3.05) is 6.61 Å². The van der Waals surface area contributed by atoms with Crippen molar-refractivity contribution in [1.29, 1.82) is 0 Å². The standard InChI is InChI=1S/C15H21NO3/c1-2-14(16-18)12-5-7-13(8-6-12)19-11-15(17)9-3-4-10-15/h5-8,17-18H,2-4,9-11H2,1H3. The molecule has 1 fully saturated rings. The van der Waals surface area contributed by atoms with Gasteiger partial charge in [-0.1, -0.05) is 24.9 Å². The minimum Gasteiger partial charge on any atom is -0.491 e. The fourth-order valence-electron chi connectivity index (χ4n) is 2.47. The fourth-order valence-corrected chi connectivity index (χ4v) is 2.47. The van der Waals surface area contributed by atoms with E-state index in [9.17, 15) is 5.11 Å². The highest BCUT2D eigenvalue weighted by molar-refractivity contribution is 6.00. The molecule has 1 aromatic carbocycles. The second-order valence-corrected chi connectivity index (χ2v) is 5.14. The molecule has 1 aliphatic carbocycles. The van der Waals surface area contributed by atoms with Gasteiger partial charge in [0.15, 0.2) is 0 Å². The first-order valence-electron chi connectivity index (χ1n) is 6.83. The second kappa shape index (κ2) is 6.06. The van der Waals surface area contributed by atoms with Crippen molar-refractivity contribution in [3.8, 4) is 5.75 Å². The first-order valence-corrected chi connectivity index (χ1v) is 6.83. The van der Waals surface area contributed by atoms with Gasteiger partial charge in [-0.15, -0.1) is 0 Å². The highest BCUT2D eigenvalue weighted by atomic mass is 16.5. The number of ether oxygens (including phenoxy) is 1.